The average Bonchev–Trinajstić information content (AvgIpc) is 2.75. The van der Waals surface area contributed by atoms with E-state index < -0.39 is 18.6 Å². The summed E-state index contributed by atoms with van der Waals surface area (Å²) in [5.41, 5.74) is 0. The summed E-state index contributed by atoms with van der Waals surface area (Å²) in [5.74, 6) is 0.219. The van der Waals surface area contributed by atoms with E-state index in [9.17, 15) is 9.59 Å². The number of aliphatic carboxylic acids is 1. The van der Waals surface area contributed by atoms with Crippen LogP contribution in [0.4, 0.5) is 4.79 Å². The lowest BCUT2D eigenvalue weighted by Gasteiger charge is -2.14. The van der Waals surface area contributed by atoms with E-state index in [4.69, 9.17) is 19.3 Å². The predicted molar refractivity (Wildman–Crippen MR) is 58.9 cm³/mol. The highest BCUT2D eigenvalue weighted by atomic mass is 16.7. The molecule has 0 radical (unpaired) electrons. The predicted octanol–water partition coefficient (Wildman–Crippen LogP) is 0.931. The van der Waals surface area contributed by atoms with E-state index in [1.54, 1.807) is 12.1 Å². The van der Waals surface area contributed by atoms with Crippen LogP contribution in [0.1, 0.15) is 0 Å². The van der Waals surface area contributed by atoms with Crippen molar-refractivity contribution in [2.24, 2.45) is 0 Å². The second-order valence-corrected chi connectivity index (χ2v) is 3.63. The SMILES string of the molecule is CN(CC(=O)O)C(=O)Oc1ccc2c(c1)OCO2. The lowest BCUT2D eigenvalue weighted by molar-refractivity contribution is -0.137. The van der Waals surface area contributed by atoms with Gasteiger partial charge in [0, 0.05) is 13.1 Å². The smallest absolute Gasteiger partial charge is 0.415 e. The van der Waals surface area contributed by atoms with Crippen LogP contribution in [0.3, 0.4) is 0 Å². The van der Waals surface area contributed by atoms with E-state index >= 15 is 0 Å². The minimum atomic E-state index is -1.11. The Labute approximate surface area is 102 Å². The number of hydrogen-bond acceptors (Lipinski definition) is 5. The van der Waals surface area contributed by atoms with Crippen LogP contribution in [0.5, 0.6) is 17.2 Å². The number of carbonyl (C=O) groups is 2. The molecule has 18 heavy (non-hydrogen) atoms. The maximum absolute atomic E-state index is 11.5. The van der Waals surface area contributed by atoms with Gasteiger partial charge in [0.05, 0.1) is 0 Å². The molecule has 96 valence electrons. The lowest BCUT2D eigenvalue weighted by atomic mass is 10.3. The normalized spacial score (nSPS) is 12.1. The number of fused-ring (bicyclic) bond motifs is 1. The quantitative estimate of drug-likeness (QED) is 0.862. The summed E-state index contributed by atoms with van der Waals surface area (Å²) in [5, 5.41) is 8.54. The Kier molecular flexibility index (Phi) is 3.22. The van der Waals surface area contributed by atoms with Crippen molar-refractivity contribution in [1.29, 1.82) is 0 Å². The third-order valence-corrected chi connectivity index (χ3v) is 2.23. The molecule has 0 atom stereocenters. The van der Waals surface area contributed by atoms with E-state index in [0.717, 1.165) is 4.90 Å². The molecule has 0 aromatic heterocycles. The molecule has 1 aromatic rings. The van der Waals surface area contributed by atoms with Gasteiger partial charge >= 0.3 is 12.1 Å². The molecule has 0 saturated heterocycles. The second-order valence-electron chi connectivity index (χ2n) is 3.63. The molecule has 1 aromatic carbocycles. The summed E-state index contributed by atoms with van der Waals surface area (Å²) in [4.78, 5) is 22.9. The van der Waals surface area contributed by atoms with Gasteiger partial charge in [-0.2, -0.15) is 0 Å². The maximum atomic E-state index is 11.5. The molecule has 7 nitrogen and oxygen atoms in total. The number of benzene rings is 1. The van der Waals surface area contributed by atoms with E-state index in [0.29, 0.717) is 11.5 Å². The first-order valence-corrected chi connectivity index (χ1v) is 5.10. The zero-order valence-electron chi connectivity index (χ0n) is 9.58. The number of likely N-dealkylation sites (N-methyl/N-ethyl adjacent to an activating group) is 1. The Morgan fingerprint density at radius 3 is 2.83 bits per heavy atom. The first-order chi connectivity index (χ1) is 8.56. The van der Waals surface area contributed by atoms with Gasteiger partial charge in [0.25, 0.3) is 0 Å². The van der Waals surface area contributed by atoms with E-state index in [1.807, 2.05) is 0 Å². The highest BCUT2D eigenvalue weighted by Gasteiger charge is 2.17. The van der Waals surface area contributed by atoms with Crippen molar-refractivity contribution >= 4 is 12.1 Å². The zero-order chi connectivity index (χ0) is 13.1. The molecule has 1 N–H and O–H groups in total. The molecule has 7 heteroatoms. The Morgan fingerprint density at radius 1 is 1.39 bits per heavy atom. The van der Waals surface area contributed by atoms with Gasteiger partial charge in [-0.25, -0.2) is 4.79 Å². The van der Waals surface area contributed by atoms with Gasteiger partial charge in [-0.1, -0.05) is 0 Å². The molecule has 1 aliphatic heterocycles. The summed E-state index contributed by atoms with van der Waals surface area (Å²) >= 11 is 0. The Bertz CT molecular complexity index is 486. The number of carbonyl (C=O) groups excluding carboxylic acids is 1. The summed E-state index contributed by atoms with van der Waals surface area (Å²) in [6.07, 6.45) is -0.753. The van der Waals surface area contributed by atoms with Crippen molar-refractivity contribution in [2.45, 2.75) is 0 Å². The first kappa shape index (κ1) is 12.0. The van der Waals surface area contributed by atoms with Crippen molar-refractivity contribution in [1.82, 2.24) is 4.90 Å². The number of rotatable bonds is 3. The standard InChI is InChI=1S/C11H11NO6/c1-12(5-10(13)14)11(15)18-7-2-3-8-9(4-7)17-6-16-8/h2-4H,5-6H2,1H3,(H,13,14). The summed E-state index contributed by atoms with van der Waals surface area (Å²) in [7, 11) is 1.34. The molecule has 0 aliphatic carbocycles. The van der Waals surface area contributed by atoms with Crippen LogP contribution in [0.25, 0.3) is 0 Å². The number of carboxylic acids is 1. The van der Waals surface area contributed by atoms with Crippen LogP contribution in [0.2, 0.25) is 0 Å². The van der Waals surface area contributed by atoms with Gasteiger partial charge in [0.2, 0.25) is 6.79 Å². The third kappa shape index (κ3) is 2.62. The van der Waals surface area contributed by atoms with Crippen LogP contribution >= 0.6 is 0 Å². The molecule has 1 amide bonds. The van der Waals surface area contributed by atoms with Gasteiger partial charge < -0.3 is 19.3 Å². The van der Waals surface area contributed by atoms with Crippen molar-refractivity contribution in [3.8, 4) is 17.2 Å². The highest BCUT2D eigenvalue weighted by molar-refractivity contribution is 5.77. The summed E-state index contributed by atoms with van der Waals surface area (Å²) in [6, 6.07) is 4.66. The topological polar surface area (TPSA) is 85.3 Å². The number of hydrogen-bond donors (Lipinski definition) is 1. The highest BCUT2D eigenvalue weighted by Crippen LogP contribution is 2.35. The molecule has 0 fully saturated rings. The molecule has 0 bridgehead atoms. The van der Waals surface area contributed by atoms with Crippen molar-refractivity contribution in [2.75, 3.05) is 20.4 Å². The van der Waals surface area contributed by atoms with E-state index in [1.165, 1.54) is 13.1 Å². The van der Waals surface area contributed by atoms with Crippen LogP contribution in [0, 0.1) is 0 Å². The van der Waals surface area contributed by atoms with Crippen molar-refractivity contribution < 1.29 is 28.9 Å². The van der Waals surface area contributed by atoms with E-state index in [2.05, 4.69) is 0 Å². The Morgan fingerprint density at radius 2 is 2.11 bits per heavy atom. The van der Waals surface area contributed by atoms with Gasteiger partial charge in [0.1, 0.15) is 12.3 Å². The van der Waals surface area contributed by atoms with Gasteiger partial charge in [-0.05, 0) is 12.1 Å². The van der Waals surface area contributed by atoms with Gasteiger partial charge in [0.15, 0.2) is 11.5 Å². The monoisotopic (exact) mass is 253 g/mol. The number of carboxylic acid groups (broad SMARTS) is 1. The van der Waals surface area contributed by atoms with Crippen LogP contribution in [-0.4, -0.2) is 42.5 Å². The summed E-state index contributed by atoms with van der Waals surface area (Å²) in [6.45, 7) is -0.297. The average molecular weight is 253 g/mol. The zero-order valence-corrected chi connectivity index (χ0v) is 9.58. The molecular formula is C11H11NO6. The summed E-state index contributed by atoms with van der Waals surface area (Å²) < 4.78 is 15.2. The molecule has 0 spiro atoms. The molecule has 1 aliphatic rings. The van der Waals surface area contributed by atoms with Crippen molar-refractivity contribution in [3.05, 3.63) is 18.2 Å². The largest absolute Gasteiger partial charge is 0.480 e. The van der Waals surface area contributed by atoms with E-state index in [-0.39, 0.29) is 12.5 Å². The fourth-order valence-corrected chi connectivity index (χ4v) is 1.39. The van der Waals surface area contributed by atoms with Crippen LogP contribution in [0.15, 0.2) is 18.2 Å². The van der Waals surface area contributed by atoms with Gasteiger partial charge in [-0.3, -0.25) is 9.69 Å². The third-order valence-electron chi connectivity index (χ3n) is 2.23. The minimum Gasteiger partial charge on any atom is -0.480 e. The number of amides is 1. The molecule has 0 unspecified atom stereocenters. The van der Waals surface area contributed by atoms with Gasteiger partial charge in [-0.15, -0.1) is 0 Å². The Hall–Kier alpha value is -2.44. The van der Waals surface area contributed by atoms with Crippen LogP contribution < -0.4 is 14.2 Å². The second kappa shape index (κ2) is 4.82. The molecule has 2 rings (SSSR count). The maximum Gasteiger partial charge on any atom is 0.415 e. The molecular weight excluding hydrogens is 242 g/mol. The molecule has 0 saturated carbocycles. The number of ether oxygens (including phenoxy) is 3. The molecule has 1 heterocycles. The lowest BCUT2D eigenvalue weighted by Crippen LogP contribution is -2.34. The first-order valence-electron chi connectivity index (χ1n) is 5.10. The number of nitrogens with zero attached hydrogens (tertiary/aromatic N) is 1. The Balaban J connectivity index is 2.01. The van der Waals surface area contributed by atoms with Crippen molar-refractivity contribution in [3.63, 3.8) is 0 Å². The van der Waals surface area contributed by atoms with Crippen LogP contribution in [-0.2, 0) is 4.79 Å². The fraction of sp³-hybridized carbons (Fsp3) is 0.273. The minimum absolute atomic E-state index is 0.131. The fourth-order valence-electron chi connectivity index (χ4n) is 1.39.